The van der Waals surface area contributed by atoms with Gasteiger partial charge in [-0.25, -0.2) is 0 Å². The van der Waals surface area contributed by atoms with Crippen LogP contribution in [0.2, 0.25) is 0 Å². The minimum Gasteiger partial charge on any atom is -0.396 e. The normalized spacial score (nSPS) is 20.2. The SMILES string of the molecule is Cl.Cl.NC1(C(=O)Nc2cccc(CN3CCC(CO)CC3)c2)CCCCC1. The average molecular weight is 418 g/mol. The van der Waals surface area contributed by atoms with E-state index in [-0.39, 0.29) is 30.7 Å². The molecular weight excluding hydrogens is 385 g/mol. The lowest BCUT2D eigenvalue weighted by atomic mass is 9.82. The van der Waals surface area contributed by atoms with E-state index in [1.165, 1.54) is 12.0 Å². The maximum Gasteiger partial charge on any atom is 0.244 e. The summed E-state index contributed by atoms with van der Waals surface area (Å²) in [5.41, 5.74) is 7.66. The van der Waals surface area contributed by atoms with Gasteiger partial charge < -0.3 is 16.2 Å². The number of rotatable bonds is 5. The second kappa shape index (κ2) is 11.2. The number of benzene rings is 1. The number of carbonyl (C=O) groups is 1. The fourth-order valence-electron chi connectivity index (χ4n) is 4.00. The molecule has 1 saturated heterocycles. The number of hydrogen-bond acceptors (Lipinski definition) is 4. The first kappa shape index (κ1) is 24.2. The van der Waals surface area contributed by atoms with E-state index in [0.717, 1.165) is 63.8 Å². The Kier molecular flexibility index (Phi) is 10.1. The molecule has 27 heavy (non-hydrogen) atoms. The summed E-state index contributed by atoms with van der Waals surface area (Å²) < 4.78 is 0. The zero-order valence-corrected chi connectivity index (χ0v) is 17.5. The van der Waals surface area contributed by atoms with E-state index < -0.39 is 5.54 Å². The lowest BCUT2D eigenvalue weighted by Gasteiger charge is -2.32. The van der Waals surface area contributed by atoms with Crippen molar-refractivity contribution in [2.24, 2.45) is 11.7 Å². The Morgan fingerprint density at radius 3 is 2.48 bits per heavy atom. The molecule has 1 aliphatic heterocycles. The van der Waals surface area contributed by atoms with Gasteiger partial charge in [0.15, 0.2) is 0 Å². The Morgan fingerprint density at radius 1 is 1.19 bits per heavy atom. The number of aliphatic hydroxyl groups is 1. The van der Waals surface area contributed by atoms with Crippen LogP contribution in [0, 0.1) is 5.92 Å². The predicted octanol–water partition coefficient (Wildman–Crippen LogP) is 3.33. The van der Waals surface area contributed by atoms with Crippen molar-refractivity contribution < 1.29 is 9.90 Å². The molecule has 1 aliphatic carbocycles. The summed E-state index contributed by atoms with van der Waals surface area (Å²) in [5.74, 6) is 0.409. The Balaban J connectivity index is 0.00000182. The van der Waals surface area contributed by atoms with Gasteiger partial charge in [0.1, 0.15) is 0 Å². The van der Waals surface area contributed by atoms with Crippen molar-refractivity contribution in [3.63, 3.8) is 0 Å². The van der Waals surface area contributed by atoms with Crippen LogP contribution in [0.5, 0.6) is 0 Å². The number of nitrogens with two attached hydrogens (primary N) is 1. The van der Waals surface area contributed by atoms with Crippen LogP contribution in [-0.4, -0.2) is 41.1 Å². The number of anilines is 1. The number of piperidine rings is 1. The summed E-state index contributed by atoms with van der Waals surface area (Å²) in [5, 5.41) is 12.3. The van der Waals surface area contributed by atoms with E-state index >= 15 is 0 Å². The van der Waals surface area contributed by atoms with Gasteiger partial charge in [-0.05, 0) is 62.4 Å². The molecule has 0 bridgehead atoms. The molecule has 1 amide bonds. The van der Waals surface area contributed by atoms with E-state index in [1.807, 2.05) is 12.1 Å². The first-order valence-electron chi connectivity index (χ1n) is 9.61. The molecule has 1 aromatic rings. The van der Waals surface area contributed by atoms with Crippen LogP contribution >= 0.6 is 24.8 Å². The van der Waals surface area contributed by atoms with Crippen LogP contribution in [0.1, 0.15) is 50.5 Å². The van der Waals surface area contributed by atoms with Crippen molar-refractivity contribution in [3.05, 3.63) is 29.8 Å². The standard InChI is InChI=1S/C20H31N3O2.2ClH/c21-20(9-2-1-3-10-20)19(25)22-18-6-4-5-17(13-18)14-23-11-7-16(15-24)8-12-23;;/h4-6,13,16,24H,1-3,7-12,14-15,21H2,(H,22,25);2*1H. The summed E-state index contributed by atoms with van der Waals surface area (Å²) in [7, 11) is 0. The minimum absolute atomic E-state index is 0. The van der Waals surface area contributed by atoms with Crippen molar-refractivity contribution in [2.45, 2.75) is 57.0 Å². The molecule has 0 aromatic heterocycles. The lowest BCUT2D eigenvalue weighted by molar-refractivity contribution is -0.122. The highest BCUT2D eigenvalue weighted by Gasteiger charge is 2.35. The van der Waals surface area contributed by atoms with Crippen LogP contribution in [0.25, 0.3) is 0 Å². The summed E-state index contributed by atoms with van der Waals surface area (Å²) in [6.45, 7) is 3.23. The van der Waals surface area contributed by atoms with E-state index in [1.54, 1.807) is 0 Å². The van der Waals surface area contributed by atoms with Crippen molar-refractivity contribution in [2.75, 3.05) is 25.0 Å². The Hall–Kier alpha value is -0.850. The zero-order valence-electron chi connectivity index (χ0n) is 15.9. The minimum atomic E-state index is -0.708. The summed E-state index contributed by atoms with van der Waals surface area (Å²) >= 11 is 0. The van der Waals surface area contributed by atoms with Gasteiger partial charge in [-0.2, -0.15) is 0 Å². The van der Waals surface area contributed by atoms with E-state index in [2.05, 4.69) is 22.3 Å². The van der Waals surface area contributed by atoms with Crippen molar-refractivity contribution >= 4 is 36.4 Å². The smallest absolute Gasteiger partial charge is 0.244 e. The van der Waals surface area contributed by atoms with Gasteiger partial charge in [0, 0.05) is 18.8 Å². The third kappa shape index (κ3) is 6.61. The van der Waals surface area contributed by atoms with Gasteiger partial charge in [0.2, 0.25) is 5.91 Å². The second-order valence-corrected chi connectivity index (χ2v) is 7.77. The average Bonchev–Trinajstić information content (AvgIpc) is 2.63. The number of halogens is 2. The summed E-state index contributed by atoms with van der Waals surface area (Å²) in [4.78, 5) is 15.0. The zero-order chi connectivity index (χ0) is 17.7. The molecule has 2 aliphatic rings. The highest BCUT2D eigenvalue weighted by Crippen LogP contribution is 2.27. The third-order valence-electron chi connectivity index (χ3n) is 5.75. The molecule has 5 nitrogen and oxygen atoms in total. The number of carbonyl (C=O) groups excluding carboxylic acids is 1. The van der Waals surface area contributed by atoms with Crippen molar-refractivity contribution in [3.8, 4) is 0 Å². The van der Waals surface area contributed by atoms with Gasteiger partial charge in [0.05, 0.1) is 5.54 Å². The number of aliphatic hydroxyl groups excluding tert-OH is 1. The molecule has 1 aromatic carbocycles. The topological polar surface area (TPSA) is 78.6 Å². The van der Waals surface area contributed by atoms with Crippen LogP contribution in [0.15, 0.2) is 24.3 Å². The summed E-state index contributed by atoms with van der Waals surface area (Å²) in [6, 6.07) is 8.09. The van der Waals surface area contributed by atoms with Crippen molar-refractivity contribution in [1.29, 1.82) is 0 Å². The fourth-order valence-corrected chi connectivity index (χ4v) is 4.00. The molecule has 0 atom stereocenters. The number of hydrogen-bond donors (Lipinski definition) is 3. The number of amides is 1. The van der Waals surface area contributed by atoms with Gasteiger partial charge in [0.25, 0.3) is 0 Å². The monoisotopic (exact) mass is 417 g/mol. The van der Waals surface area contributed by atoms with Gasteiger partial charge in [-0.1, -0.05) is 31.4 Å². The molecule has 154 valence electrons. The molecule has 7 heteroatoms. The molecule has 0 spiro atoms. The highest BCUT2D eigenvalue weighted by atomic mass is 35.5. The van der Waals surface area contributed by atoms with Crippen molar-refractivity contribution in [1.82, 2.24) is 4.90 Å². The van der Waals surface area contributed by atoms with Crippen LogP contribution in [-0.2, 0) is 11.3 Å². The summed E-state index contributed by atoms with van der Waals surface area (Å²) in [6.07, 6.45) is 6.91. The largest absolute Gasteiger partial charge is 0.396 e. The molecule has 1 heterocycles. The van der Waals surface area contributed by atoms with Crippen LogP contribution in [0.3, 0.4) is 0 Å². The van der Waals surface area contributed by atoms with Gasteiger partial charge >= 0.3 is 0 Å². The number of nitrogens with one attached hydrogen (secondary N) is 1. The number of likely N-dealkylation sites (tertiary alicyclic amines) is 1. The molecule has 3 rings (SSSR count). The quantitative estimate of drug-likeness (QED) is 0.686. The first-order chi connectivity index (χ1) is 12.1. The van der Waals surface area contributed by atoms with Gasteiger partial charge in [-0.15, -0.1) is 24.8 Å². The molecule has 0 unspecified atom stereocenters. The Labute approximate surface area is 174 Å². The predicted molar refractivity (Wildman–Crippen MR) is 115 cm³/mol. The fraction of sp³-hybridized carbons (Fsp3) is 0.650. The highest BCUT2D eigenvalue weighted by molar-refractivity contribution is 5.98. The first-order valence-corrected chi connectivity index (χ1v) is 9.61. The lowest BCUT2D eigenvalue weighted by Crippen LogP contribution is -2.52. The second-order valence-electron chi connectivity index (χ2n) is 7.77. The Bertz CT molecular complexity index is 586. The molecule has 0 radical (unpaired) electrons. The van der Waals surface area contributed by atoms with E-state index in [9.17, 15) is 9.90 Å². The Morgan fingerprint density at radius 2 is 1.85 bits per heavy atom. The molecule has 4 N–H and O–H groups in total. The van der Waals surface area contributed by atoms with E-state index in [0.29, 0.717) is 12.5 Å². The van der Waals surface area contributed by atoms with Crippen LogP contribution < -0.4 is 11.1 Å². The van der Waals surface area contributed by atoms with Gasteiger partial charge in [-0.3, -0.25) is 9.69 Å². The molecular formula is C20H33Cl2N3O2. The van der Waals surface area contributed by atoms with E-state index in [4.69, 9.17) is 5.73 Å². The molecule has 1 saturated carbocycles. The van der Waals surface area contributed by atoms with Crippen LogP contribution in [0.4, 0.5) is 5.69 Å². The molecule has 2 fully saturated rings. The third-order valence-corrected chi connectivity index (χ3v) is 5.75. The maximum absolute atomic E-state index is 12.6. The maximum atomic E-state index is 12.6. The number of nitrogens with zero attached hydrogens (tertiary/aromatic N) is 1.